The van der Waals surface area contributed by atoms with Crippen molar-refractivity contribution in [2.24, 2.45) is 4.99 Å². The number of nitrogens with one attached hydrogen (secondary N) is 2. The minimum Gasteiger partial charge on any atom is -0.379 e. The van der Waals surface area contributed by atoms with Crippen LogP contribution in [0.2, 0.25) is 0 Å². The van der Waals surface area contributed by atoms with E-state index in [1.807, 2.05) is 0 Å². The molecule has 0 aromatic heterocycles. The van der Waals surface area contributed by atoms with Gasteiger partial charge in [-0.05, 0) is 25.3 Å². The van der Waals surface area contributed by atoms with Crippen LogP contribution in [0.15, 0.2) is 35.3 Å². The normalized spacial score (nSPS) is 20.8. The van der Waals surface area contributed by atoms with Crippen LogP contribution in [0.3, 0.4) is 0 Å². The molecule has 1 aromatic rings. The van der Waals surface area contributed by atoms with Crippen LogP contribution < -0.4 is 10.6 Å². The molecule has 1 saturated carbocycles. The molecule has 2 N–H and O–H groups in total. The lowest BCUT2D eigenvalue weighted by molar-refractivity contribution is 0.0389. The van der Waals surface area contributed by atoms with Gasteiger partial charge in [0.2, 0.25) is 0 Å². The van der Waals surface area contributed by atoms with Crippen molar-refractivity contribution in [1.29, 1.82) is 0 Å². The van der Waals surface area contributed by atoms with Gasteiger partial charge in [-0.25, -0.2) is 0 Å². The van der Waals surface area contributed by atoms with Gasteiger partial charge in [0.1, 0.15) is 0 Å². The number of benzene rings is 1. The number of morpholine rings is 1. The molecule has 0 atom stereocenters. The predicted octanol–water partition coefficient (Wildman–Crippen LogP) is 2.00. The third-order valence-corrected chi connectivity index (χ3v) is 5.41. The first-order chi connectivity index (χ1) is 12.3. The molecule has 1 saturated heterocycles. The highest BCUT2D eigenvalue weighted by molar-refractivity contribution is 5.79. The van der Waals surface area contributed by atoms with E-state index in [0.29, 0.717) is 0 Å². The summed E-state index contributed by atoms with van der Waals surface area (Å²) in [6.45, 7) is 9.61. The Morgan fingerprint density at radius 1 is 1.16 bits per heavy atom. The topological polar surface area (TPSA) is 48.9 Å². The summed E-state index contributed by atoms with van der Waals surface area (Å²) in [5, 5.41) is 6.88. The minimum absolute atomic E-state index is 0.244. The summed E-state index contributed by atoms with van der Waals surface area (Å²) in [5.41, 5.74) is 1.68. The summed E-state index contributed by atoms with van der Waals surface area (Å²) in [4.78, 5) is 7.36. The van der Waals surface area contributed by atoms with Crippen molar-refractivity contribution in [3.05, 3.63) is 35.9 Å². The fourth-order valence-corrected chi connectivity index (χ4v) is 3.66. The predicted molar refractivity (Wildman–Crippen MR) is 103 cm³/mol. The molecule has 0 amide bonds. The average Bonchev–Trinajstić information content (AvgIpc) is 2.62. The van der Waals surface area contributed by atoms with E-state index in [4.69, 9.17) is 9.73 Å². The van der Waals surface area contributed by atoms with Gasteiger partial charge in [0.15, 0.2) is 5.96 Å². The van der Waals surface area contributed by atoms with E-state index in [1.54, 1.807) is 0 Å². The second-order valence-corrected chi connectivity index (χ2v) is 7.08. The Bertz CT molecular complexity index is 536. The number of ether oxygens (including phenoxy) is 1. The Balaban J connectivity index is 1.54. The molecule has 0 bridgehead atoms. The molecule has 1 heterocycles. The van der Waals surface area contributed by atoms with E-state index in [0.717, 1.165) is 58.4 Å². The van der Waals surface area contributed by atoms with Crippen molar-refractivity contribution in [3.63, 3.8) is 0 Å². The van der Waals surface area contributed by atoms with Crippen LogP contribution >= 0.6 is 0 Å². The molecule has 1 aliphatic heterocycles. The Labute approximate surface area is 151 Å². The smallest absolute Gasteiger partial charge is 0.191 e. The molecule has 138 valence electrons. The van der Waals surface area contributed by atoms with Crippen molar-refractivity contribution in [3.8, 4) is 0 Å². The molecule has 2 fully saturated rings. The fraction of sp³-hybridized carbons (Fsp3) is 0.650. The zero-order chi connectivity index (χ0) is 17.4. The summed E-state index contributed by atoms with van der Waals surface area (Å²) in [6, 6.07) is 10.9. The largest absolute Gasteiger partial charge is 0.379 e. The van der Waals surface area contributed by atoms with Gasteiger partial charge in [0.05, 0.1) is 19.8 Å². The molecule has 0 radical (unpaired) electrons. The van der Waals surface area contributed by atoms with Crippen molar-refractivity contribution in [1.82, 2.24) is 15.5 Å². The molecule has 0 spiro atoms. The first-order valence-electron chi connectivity index (χ1n) is 9.70. The Morgan fingerprint density at radius 3 is 2.56 bits per heavy atom. The molecule has 5 heteroatoms. The van der Waals surface area contributed by atoms with Crippen molar-refractivity contribution >= 4 is 5.96 Å². The Hall–Kier alpha value is -1.59. The number of hydrogen-bond donors (Lipinski definition) is 2. The van der Waals surface area contributed by atoms with Gasteiger partial charge in [-0.15, -0.1) is 0 Å². The summed E-state index contributed by atoms with van der Waals surface area (Å²) >= 11 is 0. The molecular weight excluding hydrogens is 312 g/mol. The van der Waals surface area contributed by atoms with E-state index in [-0.39, 0.29) is 5.41 Å². The van der Waals surface area contributed by atoms with Crippen molar-refractivity contribution < 1.29 is 4.74 Å². The lowest BCUT2D eigenvalue weighted by atomic mass is 9.64. The van der Waals surface area contributed by atoms with Crippen LogP contribution in [-0.2, 0) is 10.2 Å². The molecule has 1 aromatic carbocycles. The second-order valence-electron chi connectivity index (χ2n) is 7.08. The van der Waals surface area contributed by atoms with Crippen LogP contribution in [-0.4, -0.2) is 63.3 Å². The number of hydrogen-bond acceptors (Lipinski definition) is 3. The number of guanidine groups is 1. The summed E-state index contributed by atoms with van der Waals surface area (Å²) in [5.74, 6) is 0.943. The molecule has 0 unspecified atom stereocenters. The lowest BCUT2D eigenvalue weighted by Crippen LogP contribution is -2.45. The monoisotopic (exact) mass is 344 g/mol. The molecular formula is C20H32N4O. The average molecular weight is 345 g/mol. The number of nitrogens with zero attached hydrogens (tertiary/aromatic N) is 2. The van der Waals surface area contributed by atoms with E-state index in [9.17, 15) is 0 Å². The number of aliphatic imine (C=N–C) groups is 1. The van der Waals surface area contributed by atoms with Crippen molar-refractivity contribution in [2.75, 3.05) is 52.5 Å². The maximum Gasteiger partial charge on any atom is 0.191 e. The SMILES string of the molecule is CCNC(=NCC1(c2ccccc2)CCC1)NCCN1CCOCC1. The Morgan fingerprint density at radius 2 is 1.92 bits per heavy atom. The van der Waals surface area contributed by atoms with E-state index >= 15 is 0 Å². The molecule has 25 heavy (non-hydrogen) atoms. The quantitative estimate of drug-likeness (QED) is 0.587. The van der Waals surface area contributed by atoms with Gasteiger partial charge in [0, 0.05) is 38.1 Å². The van der Waals surface area contributed by atoms with Crippen LogP contribution in [0.25, 0.3) is 0 Å². The van der Waals surface area contributed by atoms with E-state index in [2.05, 4.69) is 52.8 Å². The van der Waals surface area contributed by atoms with Gasteiger partial charge in [-0.2, -0.15) is 0 Å². The van der Waals surface area contributed by atoms with Gasteiger partial charge < -0.3 is 15.4 Å². The first kappa shape index (κ1) is 18.2. The van der Waals surface area contributed by atoms with Gasteiger partial charge in [0.25, 0.3) is 0 Å². The minimum atomic E-state index is 0.244. The fourth-order valence-electron chi connectivity index (χ4n) is 3.66. The highest BCUT2D eigenvalue weighted by Gasteiger charge is 2.38. The molecule has 5 nitrogen and oxygen atoms in total. The summed E-state index contributed by atoms with van der Waals surface area (Å²) in [7, 11) is 0. The van der Waals surface area contributed by atoms with Crippen molar-refractivity contribution in [2.45, 2.75) is 31.6 Å². The van der Waals surface area contributed by atoms with E-state index < -0.39 is 0 Å². The molecule has 1 aliphatic carbocycles. The van der Waals surface area contributed by atoms with Crippen LogP contribution in [0.5, 0.6) is 0 Å². The van der Waals surface area contributed by atoms with Crippen LogP contribution in [0, 0.1) is 0 Å². The second kappa shape index (κ2) is 9.20. The van der Waals surface area contributed by atoms with Crippen LogP contribution in [0.1, 0.15) is 31.7 Å². The maximum absolute atomic E-state index is 5.40. The van der Waals surface area contributed by atoms with Crippen LogP contribution in [0.4, 0.5) is 0 Å². The first-order valence-corrected chi connectivity index (χ1v) is 9.70. The lowest BCUT2D eigenvalue weighted by Gasteiger charge is -2.41. The van der Waals surface area contributed by atoms with Gasteiger partial charge in [-0.3, -0.25) is 9.89 Å². The zero-order valence-corrected chi connectivity index (χ0v) is 15.5. The highest BCUT2D eigenvalue weighted by Crippen LogP contribution is 2.43. The van der Waals surface area contributed by atoms with Gasteiger partial charge >= 0.3 is 0 Å². The zero-order valence-electron chi connectivity index (χ0n) is 15.5. The summed E-state index contributed by atoms with van der Waals surface area (Å²) in [6.07, 6.45) is 3.80. The third-order valence-electron chi connectivity index (χ3n) is 5.41. The molecule has 2 aliphatic rings. The molecule has 3 rings (SSSR count). The maximum atomic E-state index is 5.40. The third kappa shape index (κ3) is 4.95. The Kier molecular flexibility index (Phi) is 6.70. The highest BCUT2D eigenvalue weighted by atomic mass is 16.5. The standard InChI is InChI=1S/C20H32N4O/c1-2-21-19(22-11-12-24-13-15-25-16-14-24)23-17-20(9-6-10-20)18-7-4-3-5-8-18/h3-5,7-8H,2,6,9-17H2,1H3,(H2,21,22,23). The van der Waals surface area contributed by atoms with Gasteiger partial charge in [-0.1, -0.05) is 36.8 Å². The number of rotatable bonds is 7. The summed E-state index contributed by atoms with van der Waals surface area (Å²) < 4.78 is 5.40. The van der Waals surface area contributed by atoms with E-state index in [1.165, 1.54) is 24.8 Å².